The molecule has 0 fully saturated rings. The minimum atomic E-state index is 0.558. The van der Waals surface area contributed by atoms with Crippen LogP contribution in [-0.2, 0) is 0 Å². The van der Waals surface area contributed by atoms with Crippen LogP contribution in [0.1, 0.15) is 32.3 Å². The third-order valence-corrected chi connectivity index (χ3v) is 2.70. The first kappa shape index (κ1) is 14.8. The number of unbranched alkanes of at least 4 members (excludes halogenated alkanes) is 1. The van der Waals surface area contributed by atoms with Gasteiger partial charge in [0.15, 0.2) is 11.5 Å². The maximum absolute atomic E-state index is 5.74. The highest BCUT2D eigenvalue weighted by molar-refractivity contribution is 5.42. The molecule has 0 heterocycles. The van der Waals surface area contributed by atoms with E-state index in [0.29, 0.717) is 6.04 Å². The van der Waals surface area contributed by atoms with E-state index < -0.39 is 0 Å². The second-order valence-corrected chi connectivity index (χ2v) is 4.82. The molecule has 3 nitrogen and oxygen atoms in total. The second kappa shape index (κ2) is 7.98. The van der Waals surface area contributed by atoms with Crippen molar-refractivity contribution in [2.45, 2.75) is 39.7 Å². The van der Waals surface area contributed by atoms with Crippen molar-refractivity contribution in [3.8, 4) is 11.5 Å². The monoisotopic (exact) mass is 251 g/mol. The van der Waals surface area contributed by atoms with Gasteiger partial charge in [0, 0.05) is 6.04 Å². The average Bonchev–Trinajstić information content (AvgIpc) is 2.34. The van der Waals surface area contributed by atoms with Crippen molar-refractivity contribution in [2.24, 2.45) is 0 Å². The number of aryl methyl sites for hydroxylation is 1. The fourth-order valence-corrected chi connectivity index (χ4v) is 1.69. The normalized spacial score (nSPS) is 10.7. The van der Waals surface area contributed by atoms with Gasteiger partial charge >= 0.3 is 0 Å². The van der Waals surface area contributed by atoms with Gasteiger partial charge in [-0.2, -0.15) is 0 Å². The number of methoxy groups -OCH3 is 1. The van der Waals surface area contributed by atoms with E-state index in [-0.39, 0.29) is 0 Å². The fraction of sp³-hybridized carbons (Fsp3) is 0.600. The van der Waals surface area contributed by atoms with Gasteiger partial charge in [0.2, 0.25) is 0 Å². The van der Waals surface area contributed by atoms with E-state index in [4.69, 9.17) is 9.47 Å². The third-order valence-electron chi connectivity index (χ3n) is 2.70. The van der Waals surface area contributed by atoms with Crippen LogP contribution in [0.25, 0.3) is 0 Å². The van der Waals surface area contributed by atoms with Gasteiger partial charge in [-0.25, -0.2) is 0 Å². The Morgan fingerprint density at radius 3 is 2.61 bits per heavy atom. The zero-order valence-corrected chi connectivity index (χ0v) is 12.0. The number of hydrogen-bond acceptors (Lipinski definition) is 3. The summed E-state index contributed by atoms with van der Waals surface area (Å²) in [6.07, 6.45) is 2.18. The third kappa shape index (κ3) is 5.41. The second-order valence-electron chi connectivity index (χ2n) is 4.82. The zero-order valence-electron chi connectivity index (χ0n) is 12.0. The lowest BCUT2D eigenvalue weighted by Gasteiger charge is -2.12. The molecule has 0 unspecified atom stereocenters. The lowest BCUT2D eigenvalue weighted by atomic mass is 10.2. The first-order chi connectivity index (χ1) is 8.63. The maximum Gasteiger partial charge on any atom is 0.161 e. The number of ether oxygens (including phenoxy) is 2. The quantitative estimate of drug-likeness (QED) is 0.720. The van der Waals surface area contributed by atoms with E-state index in [1.54, 1.807) is 7.11 Å². The van der Waals surface area contributed by atoms with Crippen LogP contribution in [0.15, 0.2) is 18.2 Å². The molecule has 0 aliphatic carbocycles. The minimum absolute atomic E-state index is 0.558. The summed E-state index contributed by atoms with van der Waals surface area (Å²) < 4.78 is 11.0. The van der Waals surface area contributed by atoms with Gasteiger partial charge in [-0.1, -0.05) is 19.9 Å². The number of hydrogen-bond donors (Lipinski definition) is 1. The molecule has 0 aromatic heterocycles. The molecule has 0 aliphatic rings. The molecule has 3 heteroatoms. The Hall–Kier alpha value is -1.22. The largest absolute Gasteiger partial charge is 0.493 e. The molecule has 1 N–H and O–H groups in total. The summed E-state index contributed by atoms with van der Waals surface area (Å²) in [6, 6.07) is 6.57. The minimum Gasteiger partial charge on any atom is -0.493 e. The van der Waals surface area contributed by atoms with Crippen molar-refractivity contribution in [1.82, 2.24) is 5.32 Å². The van der Waals surface area contributed by atoms with Gasteiger partial charge in [-0.15, -0.1) is 0 Å². The molecule has 0 radical (unpaired) electrons. The van der Waals surface area contributed by atoms with Gasteiger partial charge in [0.25, 0.3) is 0 Å². The summed E-state index contributed by atoms with van der Waals surface area (Å²) in [5.41, 5.74) is 1.18. The Balaban J connectivity index is 2.27. The number of nitrogens with one attached hydrogen (secondary N) is 1. The fourth-order valence-electron chi connectivity index (χ4n) is 1.69. The summed E-state index contributed by atoms with van der Waals surface area (Å²) in [5.74, 6) is 1.65. The van der Waals surface area contributed by atoms with Crippen LogP contribution in [-0.4, -0.2) is 26.3 Å². The Labute approximate surface area is 110 Å². The summed E-state index contributed by atoms with van der Waals surface area (Å²) in [4.78, 5) is 0. The van der Waals surface area contributed by atoms with E-state index in [9.17, 15) is 0 Å². The first-order valence-electron chi connectivity index (χ1n) is 6.64. The van der Waals surface area contributed by atoms with Gasteiger partial charge in [-0.3, -0.25) is 0 Å². The number of rotatable bonds is 8. The molecule has 1 aromatic rings. The molecule has 0 atom stereocenters. The van der Waals surface area contributed by atoms with E-state index in [1.165, 1.54) is 5.56 Å². The molecule has 0 bridgehead atoms. The molecular weight excluding hydrogens is 226 g/mol. The van der Waals surface area contributed by atoms with E-state index in [1.807, 2.05) is 25.1 Å². The SMILES string of the molecule is COc1cc(C)ccc1OCCCCNC(C)C. The number of benzene rings is 1. The molecule has 102 valence electrons. The summed E-state index contributed by atoms with van der Waals surface area (Å²) in [5, 5.41) is 3.39. The first-order valence-corrected chi connectivity index (χ1v) is 6.64. The van der Waals surface area contributed by atoms with Gasteiger partial charge in [-0.05, 0) is 44.0 Å². The van der Waals surface area contributed by atoms with Crippen molar-refractivity contribution in [3.63, 3.8) is 0 Å². The Kier molecular flexibility index (Phi) is 6.58. The molecule has 0 saturated heterocycles. The molecule has 0 spiro atoms. The molecule has 0 amide bonds. The van der Waals surface area contributed by atoms with Crippen LogP contribution in [0.2, 0.25) is 0 Å². The van der Waals surface area contributed by atoms with Crippen LogP contribution in [0.4, 0.5) is 0 Å². The highest BCUT2D eigenvalue weighted by Gasteiger charge is 2.03. The molecular formula is C15H25NO2. The lowest BCUT2D eigenvalue weighted by molar-refractivity contribution is 0.285. The van der Waals surface area contributed by atoms with E-state index >= 15 is 0 Å². The molecule has 1 rings (SSSR count). The topological polar surface area (TPSA) is 30.5 Å². The maximum atomic E-state index is 5.74. The van der Waals surface area contributed by atoms with E-state index in [0.717, 1.165) is 37.5 Å². The zero-order chi connectivity index (χ0) is 13.4. The van der Waals surface area contributed by atoms with Crippen molar-refractivity contribution >= 4 is 0 Å². The Morgan fingerprint density at radius 1 is 1.17 bits per heavy atom. The summed E-state index contributed by atoms with van der Waals surface area (Å²) >= 11 is 0. The van der Waals surface area contributed by atoms with Crippen molar-refractivity contribution in [3.05, 3.63) is 23.8 Å². The summed E-state index contributed by atoms with van der Waals surface area (Å²) in [6.45, 7) is 8.15. The lowest BCUT2D eigenvalue weighted by Crippen LogP contribution is -2.23. The Morgan fingerprint density at radius 2 is 1.94 bits per heavy atom. The highest BCUT2D eigenvalue weighted by Crippen LogP contribution is 2.27. The van der Waals surface area contributed by atoms with Gasteiger partial charge in [0.1, 0.15) is 0 Å². The molecule has 18 heavy (non-hydrogen) atoms. The smallest absolute Gasteiger partial charge is 0.161 e. The predicted molar refractivity (Wildman–Crippen MR) is 75.6 cm³/mol. The van der Waals surface area contributed by atoms with Crippen molar-refractivity contribution < 1.29 is 9.47 Å². The predicted octanol–water partition coefficient (Wildman–Crippen LogP) is 3.16. The van der Waals surface area contributed by atoms with Crippen molar-refractivity contribution in [1.29, 1.82) is 0 Å². The van der Waals surface area contributed by atoms with Gasteiger partial charge in [0.05, 0.1) is 13.7 Å². The van der Waals surface area contributed by atoms with Crippen LogP contribution in [0.3, 0.4) is 0 Å². The van der Waals surface area contributed by atoms with Gasteiger partial charge < -0.3 is 14.8 Å². The molecule has 1 aromatic carbocycles. The molecule has 0 aliphatic heterocycles. The Bertz CT molecular complexity index is 350. The van der Waals surface area contributed by atoms with Crippen LogP contribution >= 0.6 is 0 Å². The van der Waals surface area contributed by atoms with Crippen molar-refractivity contribution in [2.75, 3.05) is 20.3 Å². The summed E-state index contributed by atoms with van der Waals surface area (Å²) in [7, 11) is 1.67. The average molecular weight is 251 g/mol. The van der Waals surface area contributed by atoms with Crippen LogP contribution in [0, 0.1) is 6.92 Å². The van der Waals surface area contributed by atoms with Crippen LogP contribution < -0.4 is 14.8 Å². The molecule has 0 saturated carbocycles. The van der Waals surface area contributed by atoms with E-state index in [2.05, 4.69) is 19.2 Å². The standard InChI is InChI=1S/C15H25NO2/c1-12(2)16-9-5-6-10-18-14-8-7-13(3)11-15(14)17-4/h7-8,11-12,16H,5-6,9-10H2,1-4H3. The highest BCUT2D eigenvalue weighted by atomic mass is 16.5. The van der Waals surface area contributed by atoms with Crippen LogP contribution in [0.5, 0.6) is 11.5 Å².